The molecule has 0 fully saturated rings. The van der Waals surface area contributed by atoms with Gasteiger partial charge in [-0.15, -0.1) is 0 Å². The van der Waals surface area contributed by atoms with Crippen LogP contribution in [0.25, 0.3) is 11.1 Å². The molecule has 4 N–H and O–H groups in total. The van der Waals surface area contributed by atoms with Crippen LogP contribution in [0.15, 0.2) is 48.5 Å². The van der Waals surface area contributed by atoms with Crippen molar-refractivity contribution in [2.75, 3.05) is 13.1 Å². The Morgan fingerprint density at radius 2 is 0.926 bits per heavy atom. The summed E-state index contributed by atoms with van der Waals surface area (Å²) >= 11 is 0. The largest absolute Gasteiger partial charge is 0.330 e. The molecule has 3 rings (SSSR count). The van der Waals surface area contributed by atoms with Crippen LogP contribution in [-0.4, -0.2) is 13.1 Å². The molecule has 0 aromatic heterocycles. The summed E-state index contributed by atoms with van der Waals surface area (Å²) in [5, 5.41) is 0. The normalized spacial score (nSPS) is 14.1. The van der Waals surface area contributed by atoms with Crippen molar-refractivity contribution >= 4 is 0 Å². The molecule has 2 nitrogen and oxygen atoms in total. The molecular weight excluding hydrogens is 328 g/mol. The average molecular weight is 365 g/mol. The number of rotatable bonds is 12. The molecule has 2 aromatic carbocycles. The van der Waals surface area contributed by atoms with E-state index in [0.29, 0.717) is 0 Å². The third-order valence-corrected chi connectivity index (χ3v) is 6.29. The molecule has 0 radical (unpaired) electrons. The molecule has 27 heavy (non-hydrogen) atoms. The smallest absolute Gasteiger partial charge is 0.0215 e. The zero-order chi connectivity index (χ0) is 19.0. The van der Waals surface area contributed by atoms with E-state index in [-0.39, 0.29) is 5.41 Å². The fraction of sp³-hybridized carbons (Fsp3) is 0.520. The van der Waals surface area contributed by atoms with E-state index in [9.17, 15) is 0 Å². The van der Waals surface area contributed by atoms with Crippen molar-refractivity contribution in [3.63, 3.8) is 0 Å². The predicted molar refractivity (Wildman–Crippen MR) is 117 cm³/mol. The van der Waals surface area contributed by atoms with Gasteiger partial charge in [0.1, 0.15) is 0 Å². The van der Waals surface area contributed by atoms with Crippen LogP contribution in [0.3, 0.4) is 0 Å². The SMILES string of the molecule is NCCCCCCC1(CCCCCCN)c2ccccc2-c2ccccc21. The molecule has 0 bridgehead atoms. The van der Waals surface area contributed by atoms with E-state index in [1.54, 1.807) is 11.1 Å². The van der Waals surface area contributed by atoms with Crippen LogP contribution in [0.4, 0.5) is 0 Å². The monoisotopic (exact) mass is 364 g/mol. The summed E-state index contributed by atoms with van der Waals surface area (Å²) < 4.78 is 0. The Bertz CT molecular complexity index is 645. The van der Waals surface area contributed by atoms with Gasteiger partial charge in [0.15, 0.2) is 0 Å². The van der Waals surface area contributed by atoms with Crippen LogP contribution < -0.4 is 11.5 Å². The van der Waals surface area contributed by atoms with Gasteiger partial charge >= 0.3 is 0 Å². The minimum absolute atomic E-state index is 0.193. The Kier molecular flexibility index (Phi) is 7.49. The highest BCUT2D eigenvalue weighted by Crippen LogP contribution is 2.53. The van der Waals surface area contributed by atoms with E-state index in [4.69, 9.17) is 11.5 Å². The van der Waals surface area contributed by atoms with Crippen LogP contribution in [0.5, 0.6) is 0 Å². The molecule has 0 atom stereocenters. The summed E-state index contributed by atoms with van der Waals surface area (Å²) in [5.74, 6) is 0. The van der Waals surface area contributed by atoms with E-state index in [1.165, 1.54) is 62.5 Å². The number of fused-ring (bicyclic) bond motifs is 3. The van der Waals surface area contributed by atoms with Gasteiger partial charge in [-0.25, -0.2) is 0 Å². The van der Waals surface area contributed by atoms with Crippen molar-refractivity contribution < 1.29 is 0 Å². The van der Waals surface area contributed by atoms with Crippen LogP contribution in [0.2, 0.25) is 0 Å². The highest BCUT2D eigenvalue weighted by Gasteiger charge is 2.41. The van der Waals surface area contributed by atoms with Gasteiger partial charge in [0, 0.05) is 5.41 Å². The van der Waals surface area contributed by atoms with Gasteiger partial charge in [0.05, 0.1) is 0 Å². The van der Waals surface area contributed by atoms with Gasteiger partial charge in [0.2, 0.25) is 0 Å². The van der Waals surface area contributed by atoms with Crippen molar-refractivity contribution in [1.82, 2.24) is 0 Å². The lowest BCUT2D eigenvalue weighted by Gasteiger charge is -2.33. The zero-order valence-electron chi connectivity index (χ0n) is 16.8. The molecule has 0 saturated carbocycles. The average Bonchev–Trinajstić information content (AvgIpc) is 2.99. The highest BCUT2D eigenvalue weighted by molar-refractivity contribution is 5.80. The van der Waals surface area contributed by atoms with Crippen molar-refractivity contribution in [3.05, 3.63) is 59.7 Å². The molecule has 0 amide bonds. The summed E-state index contributed by atoms with van der Waals surface area (Å²) in [6, 6.07) is 18.2. The summed E-state index contributed by atoms with van der Waals surface area (Å²) in [7, 11) is 0. The Labute approximate surface area is 165 Å². The topological polar surface area (TPSA) is 52.0 Å². The molecule has 146 valence electrons. The van der Waals surface area contributed by atoms with Crippen molar-refractivity contribution in [1.29, 1.82) is 0 Å². The van der Waals surface area contributed by atoms with Gasteiger partial charge in [0.25, 0.3) is 0 Å². The maximum Gasteiger partial charge on any atom is 0.0215 e. The van der Waals surface area contributed by atoms with E-state index in [2.05, 4.69) is 48.5 Å². The van der Waals surface area contributed by atoms with Gasteiger partial charge in [-0.3, -0.25) is 0 Å². The molecule has 1 aliphatic carbocycles. The van der Waals surface area contributed by atoms with E-state index in [1.807, 2.05) is 0 Å². The van der Waals surface area contributed by atoms with Crippen LogP contribution in [0, 0.1) is 0 Å². The van der Waals surface area contributed by atoms with E-state index in [0.717, 1.165) is 25.9 Å². The van der Waals surface area contributed by atoms with Crippen LogP contribution in [-0.2, 0) is 5.41 Å². The first kappa shape index (κ1) is 20.1. The minimum Gasteiger partial charge on any atom is -0.330 e. The summed E-state index contributed by atoms with van der Waals surface area (Å²) in [4.78, 5) is 0. The number of benzene rings is 2. The first-order valence-electron chi connectivity index (χ1n) is 10.9. The third kappa shape index (κ3) is 4.44. The number of unbranched alkanes of at least 4 members (excludes halogenated alkanes) is 6. The molecule has 0 spiro atoms. The van der Waals surface area contributed by atoms with Gasteiger partial charge in [-0.05, 0) is 61.0 Å². The van der Waals surface area contributed by atoms with Crippen molar-refractivity contribution in [3.8, 4) is 11.1 Å². The van der Waals surface area contributed by atoms with Gasteiger partial charge < -0.3 is 11.5 Å². The second kappa shape index (κ2) is 10.1. The molecule has 0 unspecified atom stereocenters. The number of hydrogen-bond acceptors (Lipinski definition) is 2. The van der Waals surface area contributed by atoms with Crippen LogP contribution in [0.1, 0.15) is 75.3 Å². The minimum atomic E-state index is 0.193. The molecule has 1 aliphatic rings. The fourth-order valence-electron chi connectivity index (χ4n) is 4.93. The van der Waals surface area contributed by atoms with Crippen LogP contribution >= 0.6 is 0 Å². The quantitative estimate of drug-likeness (QED) is 0.470. The van der Waals surface area contributed by atoms with E-state index >= 15 is 0 Å². The molecule has 0 saturated heterocycles. The molecule has 2 aromatic rings. The Balaban J connectivity index is 1.84. The Morgan fingerprint density at radius 1 is 0.519 bits per heavy atom. The number of hydrogen-bond donors (Lipinski definition) is 2. The summed E-state index contributed by atoms with van der Waals surface area (Å²) in [6.45, 7) is 1.63. The third-order valence-electron chi connectivity index (χ3n) is 6.29. The zero-order valence-corrected chi connectivity index (χ0v) is 16.8. The highest BCUT2D eigenvalue weighted by atomic mass is 14.5. The second-order valence-electron chi connectivity index (χ2n) is 8.08. The standard InChI is InChI=1S/C25H36N2/c26-19-11-3-1-9-17-25(18-10-2-4-12-20-27)23-15-7-5-13-21(23)22-14-6-8-16-24(22)25/h5-8,13-16H,1-4,9-12,17-20,26-27H2. The molecule has 0 aliphatic heterocycles. The van der Waals surface area contributed by atoms with Crippen molar-refractivity contribution in [2.24, 2.45) is 11.5 Å². The van der Waals surface area contributed by atoms with E-state index < -0.39 is 0 Å². The summed E-state index contributed by atoms with van der Waals surface area (Å²) in [6.07, 6.45) is 12.5. The number of nitrogens with two attached hydrogens (primary N) is 2. The van der Waals surface area contributed by atoms with Gasteiger partial charge in [-0.1, -0.05) is 87.1 Å². The lowest BCUT2D eigenvalue weighted by molar-refractivity contribution is 0.400. The van der Waals surface area contributed by atoms with Gasteiger partial charge in [-0.2, -0.15) is 0 Å². The Morgan fingerprint density at radius 3 is 1.37 bits per heavy atom. The molecule has 2 heteroatoms. The molecule has 0 heterocycles. The lowest BCUT2D eigenvalue weighted by Crippen LogP contribution is -2.25. The predicted octanol–water partition coefficient (Wildman–Crippen LogP) is 5.77. The fourth-order valence-corrected chi connectivity index (χ4v) is 4.93. The molecular formula is C25H36N2. The first-order chi connectivity index (χ1) is 13.3. The Hall–Kier alpha value is -1.64. The van der Waals surface area contributed by atoms with Crippen molar-refractivity contribution in [2.45, 2.75) is 69.6 Å². The maximum atomic E-state index is 5.68. The summed E-state index contributed by atoms with van der Waals surface area (Å²) in [5.41, 5.74) is 17.6. The maximum absolute atomic E-state index is 5.68. The second-order valence-corrected chi connectivity index (χ2v) is 8.08. The lowest BCUT2D eigenvalue weighted by atomic mass is 9.70. The first-order valence-corrected chi connectivity index (χ1v) is 10.9.